The Morgan fingerprint density at radius 3 is 2.68 bits per heavy atom. The van der Waals surface area contributed by atoms with E-state index in [1.165, 1.54) is 11.3 Å². The predicted molar refractivity (Wildman–Crippen MR) is 77.3 cm³/mol. The molecule has 0 spiro atoms. The van der Waals surface area contributed by atoms with Crippen molar-refractivity contribution in [1.29, 1.82) is 0 Å². The molecule has 0 bridgehead atoms. The van der Waals surface area contributed by atoms with Gasteiger partial charge in [-0.25, -0.2) is 0 Å². The zero-order valence-corrected chi connectivity index (χ0v) is 12.7. The molecule has 0 radical (unpaired) electrons. The summed E-state index contributed by atoms with van der Waals surface area (Å²) in [6.07, 6.45) is 0.541. The number of halogens is 2. The SMILES string of the molecule is CC(C(=O)N1CCC(C(=O)O)C1)c1ccc(Cl)s1.Cl. The maximum Gasteiger partial charge on any atom is 0.308 e. The molecule has 0 saturated carbocycles. The van der Waals surface area contributed by atoms with Crippen molar-refractivity contribution >= 4 is 47.2 Å². The Labute approximate surface area is 126 Å². The number of thiophene rings is 1. The Hall–Kier alpha value is -0.780. The van der Waals surface area contributed by atoms with Crippen LogP contribution in [0.2, 0.25) is 4.34 Å². The highest BCUT2D eigenvalue weighted by Crippen LogP contribution is 2.30. The van der Waals surface area contributed by atoms with Gasteiger partial charge in [0, 0.05) is 18.0 Å². The van der Waals surface area contributed by atoms with E-state index < -0.39 is 11.9 Å². The van der Waals surface area contributed by atoms with Crippen molar-refractivity contribution in [3.05, 3.63) is 21.3 Å². The van der Waals surface area contributed by atoms with Gasteiger partial charge in [0.05, 0.1) is 16.2 Å². The number of aliphatic carboxylic acids is 1. The highest BCUT2D eigenvalue weighted by molar-refractivity contribution is 7.16. The van der Waals surface area contributed by atoms with Gasteiger partial charge in [-0.05, 0) is 25.5 Å². The van der Waals surface area contributed by atoms with Gasteiger partial charge in [0.1, 0.15) is 0 Å². The number of carbonyl (C=O) groups excluding carboxylic acids is 1. The van der Waals surface area contributed by atoms with Gasteiger partial charge in [-0.3, -0.25) is 9.59 Å². The smallest absolute Gasteiger partial charge is 0.308 e. The molecule has 4 nitrogen and oxygen atoms in total. The number of carboxylic acid groups (broad SMARTS) is 1. The molecule has 1 aliphatic heterocycles. The monoisotopic (exact) mass is 323 g/mol. The van der Waals surface area contributed by atoms with Crippen LogP contribution in [-0.2, 0) is 9.59 Å². The van der Waals surface area contributed by atoms with Crippen LogP contribution in [0.25, 0.3) is 0 Å². The number of nitrogens with zero attached hydrogens (tertiary/aromatic N) is 1. The van der Waals surface area contributed by atoms with Crippen LogP contribution in [0.15, 0.2) is 12.1 Å². The largest absolute Gasteiger partial charge is 0.481 e. The fourth-order valence-corrected chi connectivity index (χ4v) is 3.22. The third-order valence-corrected chi connectivity index (χ3v) is 4.65. The summed E-state index contributed by atoms with van der Waals surface area (Å²) in [7, 11) is 0. The van der Waals surface area contributed by atoms with Gasteiger partial charge >= 0.3 is 5.97 Å². The first kappa shape index (κ1) is 16.3. The van der Waals surface area contributed by atoms with Gasteiger partial charge in [0.15, 0.2) is 0 Å². The third-order valence-electron chi connectivity index (χ3n) is 3.24. The van der Waals surface area contributed by atoms with Crippen molar-refractivity contribution in [3.8, 4) is 0 Å². The van der Waals surface area contributed by atoms with E-state index in [2.05, 4.69) is 0 Å². The van der Waals surface area contributed by atoms with Gasteiger partial charge in [0.2, 0.25) is 5.91 Å². The molecule has 7 heteroatoms. The van der Waals surface area contributed by atoms with Crippen molar-refractivity contribution < 1.29 is 14.7 Å². The van der Waals surface area contributed by atoms with E-state index in [1.54, 1.807) is 11.0 Å². The molecule has 2 rings (SSSR count). The van der Waals surface area contributed by atoms with Gasteiger partial charge < -0.3 is 10.0 Å². The van der Waals surface area contributed by atoms with E-state index in [0.29, 0.717) is 23.8 Å². The quantitative estimate of drug-likeness (QED) is 0.930. The molecule has 2 heterocycles. The number of hydrogen-bond donors (Lipinski definition) is 1. The van der Waals surface area contributed by atoms with Crippen molar-refractivity contribution in [2.75, 3.05) is 13.1 Å². The number of rotatable bonds is 3. The van der Waals surface area contributed by atoms with Crippen LogP contribution in [0.4, 0.5) is 0 Å². The molecule has 0 aromatic carbocycles. The average Bonchev–Trinajstić information content (AvgIpc) is 2.95. The number of likely N-dealkylation sites (tertiary alicyclic amines) is 1. The van der Waals surface area contributed by atoms with Crippen molar-refractivity contribution in [2.45, 2.75) is 19.3 Å². The lowest BCUT2D eigenvalue weighted by molar-refractivity contribution is -0.141. The lowest BCUT2D eigenvalue weighted by Gasteiger charge is -2.19. The van der Waals surface area contributed by atoms with E-state index in [4.69, 9.17) is 16.7 Å². The Morgan fingerprint density at radius 2 is 2.21 bits per heavy atom. The summed E-state index contributed by atoms with van der Waals surface area (Å²) in [5.41, 5.74) is 0. The van der Waals surface area contributed by atoms with Crippen molar-refractivity contribution in [1.82, 2.24) is 4.90 Å². The van der Waals surface area contributed by atoms with E-state index in [1.807, 2.05) is 13.0 Å². The normalized spacial score (nSPS) is 19.9. The second-order valence-electron chi connectivity index (χ2n) is 4.47. The second kappa shape index (κ2) is 6.59. The Morgan fingerprint density at radius 1 is 1.53 bits per heavy atom. The topological polar surface area (TPSA) is 57.6 Å². The van der Waals surface area contributed by atoms with Crippen molar-refractivity contribution in [3.63, 3.8) is 0 Å². The minimum Gasteiger partial charge on any atom is -0.481 e. The summed E-state index contributed by atoms with van der Waals surface area (Å²) in [6, 6.07) is 3.62. The standard InChI is InChI=1S/C12H14ClNO3S.ClH/c1-7(9-2-3-10(13)18-9)11(15)14-5-4-8(6-14)12(16)17;/h2-3,7-8H,4-6H2,1H3,(H,16,17);1H. The summed E-state index contributed by atoms with van der Waals surface area (Å²) in [5, 5.41) is 8.92. The van der Waals surface area contributed by atoms with Crippen LogP contribution in [0.3, 0.4) is 0 Å². The number of hydrogen-bond acceptors (Lipinski definition) is 3. The molecule has 2 atom stereocenters. The van der Waals surface area contributed by atoms with Gasteiger partial charge in [-0.2, -0.15) is 0 Å². The average molecular weight is 324 g/mol. The van der Waals surface area contributed by atoms with E-state index >= 15 is 0 Å². The zero-order valence-electron chi connectivity index (χ0n) is 10.3. The molecule has 19 heavy (non-hydrogen) atoms. The lowest BCUT2D eigenvalue weighted by Crippen LogP contribution is -2.32. The molecule has 106 valence electrons. The van der Waals surface area contributed by atoms with Crippen LogP contribution in [0.1, 0.15) is 24.1 Å². The second-order valence-corrected chi connectivity index (χ2v) is 6.22. The van der Waals surface area contributed by atoms with Crippen LogP contribution in [0.5, 0.6) is 0 Å². The van der Waals surface area contributed by atoms with E-state index in [9.17, 15) is 9.59 Å². The van der Waals surface area contributed by atoms with Crippen LogP contribution in [-0.4, -0.2) is 35.0 Å². The Balaban J connectivity index is 0.00000180. The van der Waals surface area contributed by atoms with Crippen molar-refractivity contribution in [2.24, 2.45) is 5.92 Å². The first-order valence-corrected chi connectivity index (χ1v) is 6.95. The van der Waals surface area contributed by atoms with E-state index in [0.717, 1.165) is 4.88 Å². The lowest BCUT2D eigenvalue weighted by atomic mass is 10.1. The van der Waals surface area contributed by atoms with Crippen LogP contribution in [0, 0.1) is 5.92 Å². The van der Waals surface area contributed by atoms with Gasteiger partial charge in [-0.1, -0.05) is 11.6 Å². The van der Waals surface area contributed by atoms with Gasteiger partial charge in [0.25, 0.3) is 0 Å². The van der Waals surface area contributed by atoms with E-state index in [-0.39, 0.29) is 24.2 Å². The number of carbonyl (C=O) groups is 2. The molecule has 2 unspecified atom stereocenters. The maximum atomic E-state index is 12.2. The molecule has 1 N–H and O–H groups in total. The summed E-state index contributed by atoms with van der Waals surface area (Å²) in [4.78, 5) is 25.6. The first-order chi connectivity index (χ1) is 8.49. The maximum absolute atomic E-state index is 12.2. The molecular formula is C12H15Cl2NO3S. The summed E-state index contributed by atoms with van der Waals surface area (Å²) >= 11 is 7.24. The highest BCUT2D eigenvalue weighted by Gasteiger charge is 2.33. The zero-order chi connectivity index (χ0) is 13.3. The first-order valence-electron chi connectivity index (χ1n) is 5.76. The fourth-order valence-electron chi connectivity index (χ4n) is 2.12. The molecule has 1 aromatic heterocycles. The molecule has 1 aliphatic rings. The molecule has 1 amide bonds. The Bertz CT molecular complexity index is 477. The highest BCUT2D eigenvalue weighted by atomic mass is 35.5. The molecular weight excluding hydrogens is 309 g/mol. The van der Waals surface area contributed by atoms with Crippen LogP contribution >= 0.6 is 35.3 Å². The number of amides is 1. The predicted octanol–water partition coefficient (Wildman–Crippen LogP) is 2.86. The molecule has 0 aliphatic carbocycles. The van der Waals surface area contributed by atoms with Crippen LogP contribution < -0.4 is 0 Å². The number of carboxylic acids is 1. The summed E-state index contributed by atoms with van der Waals surface area (Å²) in [5.74, 6) is -1.52. The minimum absolute atomic E-state index is 0. The van der Waals surface area contributed by atoms with Gasteiger partial charge in [-0.15, -0.1) is 23.7 Å². The molecule has 1 aromatic rings. The third kappa shape index (κ3) is 3.61. The summed E-state index contributed by atoms with van der Waals surface area (Å²) < 4.78 is 0.662. The Kier molecular flexibility index (Phi) is 5.64. The minimum atomic E-state index is -0.822. The summed E-state index contributed by atoms with van der Waals surface area (Å²) in [6.45, 7) is 2.68. The fraction of sp³-hybridized carbons (Fsp3) is 0.500. The molecule has 1 saturated heterocycles. The molecule has 1 fully saturated rings.